The molecule has 1 N–H and O–H groups in total. The Kier molecular flexibility index (Phi) is 3.71. The van der Waals surface area contributed by atoms with Crippen LogP contribution in [-0.2, 0) is 0 Å². The Hall–Kier alpha value is -2.49. The molecule has 0 aliphatic heterocycles. The summed E-state index contributed by atoms with van der Waals surface area (Å²) in [7, 11) is 3.95. The van der Waals surface area contributed by atoms with E-state index < -0.39 is 5.43 Å². The number of anilines is 1. The van der Waals surface area contributed by atoms with Crippen molar-refractivity contribution in [2.75, 3.05) is 19.0 Å². The predicted molar refractivity (Wildman–Crippen MR) is 76.3 cm³/mol. The van der Waals surface area contributed by atoms with Crippen molar-refractivity contribution in [1.29, 1.82) is 0 Å². The lowest BCUT2D eigenvalue weighted by Crippen LogP contribution is -2.07. The summed E-state index contributed by atoms with van der Waals surface area (Å²) >= 11 is 0. The number of hydrogen-bond acceptors (Lipinski definition) is 4. The van der Waals surface area contributed by atoms with Gasteiger partial charge >= 0.3 is 0 Å². The van der Waals surface area contributed by atoms with Gasteiger partial charge in [0.25, 0.3) is 0 Å². The highest BCUT2D eigenvalue weighted by atomic mass is 16.4. The quantitative estimate of drug-likeness (QED) is 0.918. The maximum atomic E-state index is 11.2. The van der Waals surface area contributed by atoms with Crippen molar-refractivity contribution in [3.8, 4) is 5.75 Å². The van der Waals surface area contributed by atoms with Gasteiger partial charge in [-0.25, -0.2) is 0 Å². The lowest BCUT2D eigenvalue weighted by Gasteiger charge is -2.11. The zero-order chi connectivity index (χ0) is 13.8. The molecule has 1 aromatic heterocycles. The minimum absolute atomic E-state index is 0.157. The van der Waals surface area contributed by atoms with E-state index in [1.807, 2.05) is 43.3 Å². The second-order valence-electron chi connectivity index (χ2n) is 4.32. The molecule has 0 bridgehead atoms. The third-order valence-corrected chi connectivity index (χ3v) is 2.72. The molecule has 19 heavy (non-hydrogen) atoms. The van der Waals surface area contributed by atoms with E-state index in [1.165, 1.54) is 12.3 Å². The van der Waals surface area contributed by atoms with Gasteiger partial charge in [0.15, 0.2) is 5.76 Å². The van der Waals surface area contributed by atoms with E-state index in [0.717, 1.165) is 11.3 Å². The molecule has 0 amide bonds. The van der Waals surface area contributed by atoms with Crippen LogP contribution in [0.5, 0.6) is 5.75 Å². The molecule has 0 fully saturated rings. The van der Waals surface area contributed by atoms with E-state index >= 15 is 0 Å². The van der Waals surface area contributed by atoms with E-state index in [9.17, 15) is 9.90 Å². The molecular weight excluding hydrogens is 242 g/mol. The number of rotatable bonds is 3. The molecule has 4 heteroatoms. The van der Waals surface area contributed by atoms with Crippen LogP contribution in [0.2, 0.25) is 0 Å². The van der Waals surface area contributed by atoms with Crippen molar-refractivity contribution in [3.05, 3.63) is 58.1 Å². The van der Waals surface area contributed by atoms with Gasteiger partial charge in [-0.05, 0) is 23.8 Å². The van der Waals surface area contributed by atoms with E-state index in [1.54, 1.807) is 12.2 Å². The van der Waals surface area contributed by atoms with Crippen molar-refractivity contribution >= 4 is 17.8 Å². The van der Waals surface area contributed by atoms with E-state index in [0.29, 0.717) is 0 Å². The van der Waals surface area contributed by atoms with Gasteiger partial charge < -0.3 is 14.4 Å². The number of aromatic hydroxyl groups is 1. The fourth-order valence-electron chi connectivity index (χ4n) is 1.60. The topological polar surface area (TPSA) is 53.7 Å². The summed E-state index contributed by atoms with van der Waals surface area (Å²) in [6.07, 6.45) is 4.61. The monoisotopic (exact) mass is 257 g/mol. The summed E-state index contributed by atoms with van der Waals surface area (Å²) < 4.78 is 5.08. The summed E-state index contributed by atoms with van der Waals surface area (Å²) in [6, 6.07) is 9.05. The molecule has 1 heterocycles. The van der Waals surface area contributed by atoms with Gasteiger partial charge in [-0.3, -0.25) is 4.79 Å². The average molecular weight is 257 g/mol. The normalized spacial score (nSPS) is 10.8. The molecular formula is C15H15NO3. The Bertz CT molecular complexity index is 639. The Morgan fingerprint density at radius 1 is 1.11 bits per heavy atom. The Morgan fingerprint density at radius 2 is 1.79 bits per heavy atom. The van der Waals surface area contributed by atoms with Crippen LogP contribution in [0.1, 0.15) is 11.3 Å². The van der Waals surface area contributed by atoms with Crippen LogP contribution in [-0.4, -0.2) is 19.2 Å². The van der Waals surface area contributed by atoms with Crippen LogP contribution >= 0.6 is 0 Å². The molecule has 0 atom stereocenters. The molecule has 4 nitrogen and oxygen atoms in total. The number of benzene rings is 1. The molecule has 1 aromatic carbocycles. The highest BCUT2D eigenvalue weighted by Gasteiger charge is 2.03. The summed E-state index contributed by atoms with van der Waals surface area (Å²) in [5, 5.41) is 9.53. The van der Waals surface area contributed by atoms with Crippen molar-refractivity contribution in [1.82, 2.24) is 0 Å². The molecule has 0 unspecified atom stereocenters. The summed E-state index contributed by atoms with van der Waals surface area (Å²) in [4.78, 5) is 13.2. The first kappa shape index (κ1) is 13.0. The first-order valence-electron chi connectivity index (χ1n) is 5.84. The maximum Gasteiger partial charge on any atom is 0.227 e. The molecule has 0 aliphatic carbocycles. The van der Waals surface area contributed by atoms with Gasteiger partial charge in [0.2, 0.25) is 11.2 Å². The number of hydrogen-bond donors (Lipinski definition) is 1. The van der Waals surface area contributed by atoms with Crippen LogP contribution < -0.4 is 10.3 Å². The first-order chi connectivity index (χ1) is 9.08. The SMILES string of the molecule is CN(C)c1ccc(/C=C/c2occc(=O)c2O)cc1. The van der Waals surface area contributed by atoms with Crippen LogP contribution in [0.25, 0.3) is 12.2 Å². The number of nitrogens with zero attached hydrogens (tertiary/aromatic N) is 1. The molecule has 98 valence electrons. The van der Waals surface area contributed by atoms with Gasteiger partial charge in [-0.2, -0.15) is 0 Å². The molecule has 0 aliphatic rings. The minimum Gasteiger partial charge on any atom is -0.502 e. The third-order valence-electron chi connectivity index (χ3n) is 2.72. The molecule has 0 spiro atoms. The standard InChI is InChI=1S/C15H15NO3/c1-16(2)12-6-3-11(4-7-12)5-8-14-15(18)13(17)9-10-19-14/h3-10,18H,1-2H3/b8-5+. The van der Waals surface area contributed by atoms with Crippen molar-refractivity contribution in [2.45, 2.75) is 0 Å². The van der Waals surface area contributed by atoms with Crippen molar-refractivity contribution in [2.24, 2.45) is 0 Å². The highest BCUT2D eigenvalue weighted by Crippen LogP contribution is 2.17. The van der Waals surface area contributed by atoms with Crippen LogP contribution in [0.15, 0.2) is 45.8 Å². The smallest absolute Gasteiger partial charge is 0.227 e. The second-order valence-corrected chi connectivity index (χ2v) is 4.32. The van der Waals surface area contributed by atoms with Crippen LogP contribution in [0, 0.1) is 0 Å². The lowest BCUT2D eigenvalue weighted by molar-refractivity contribution is 0.424. The summed E-state index contributed by atoms with van der Waals surface area (Å²) in [6.45, 7) is 0. The molecule has 2 rings (SSSR count). The van der Waals surface area contributed by atoms with Gasteiger partial charge in [0.05, 0.1) is 6.26 Å². The summed E-state index contributed by atoms with van der Waals surface area (Å²) in [5.41, 5.74) is 1.61. The molecule has 0 saturated carbocycles. The molecule has 0 saturated heterocycles. The van der Waals surface area contributed by atoms with Crippen LogP contribution in [0.4, 0.5) is 5.69 Å². The highest BCUT2D eigenvalue weighted by molar-refractivity contribution is 5.70. The largest absolute Gasteiger partial charge is 0.502 e. The fraction of sp³-hybridized carbons (Fsp3) is 0.133. The first-order valence-corrected chi connectivity index (χ1v) is 5.84. The van der Waals surface area contributed by atoms with Crippen molar-refractivity contribution in [3.63, 3.8) is 0 Å². The fourth-order valence-corrected chi connectivity index (χ4v) is 1.60. The van der Waals surface area contributed by atoms with Crippen molar-refractivity contribution < 1.29 is 9.52 Å². The van der Waals surface area contributed by atoms with Gasteiger partial charge in [0.1, 0.15) is 0 Å². The Balaban J connectivity index is 2.23. The summed E-state index contributed by atoms with van der Waals surface area (Å²) in [5.74, 6) is -0.215. The average Bonchev–Trinajstić information content (AvgIpc) is 2.41. The second kappa shape index (κ2) is 5.44. The Morgan fingerprint density at radius 3 is 2.42 bits per heavy atom. The van der Waals surface area contributed by atoms with Gasteiger partial charge in [-0.1, -0.05) is 18.2 Å². The van der Waals surface area contributed by atoms with Gasteiger partial charge in [0, 0.05) is 25.8 Å². The Labute approximate surface area is 111 Å². The van der Waals surface area contributed by atoms with E-state index in [2.05, 4.69) is 0 Å². The molecule has 0 radical (unpaired) electrons. The zero-order valence-electron chi connectivity index (χ0n) is 10.8. The minimum atomic E-state index is -0.450. The predicted octanol–water partition coefficient (Wildman–Crippen LogP) is 2.58. The zero-order valence-corrected chi connectivity index (χ0v) is 10.8. The van der Waals surface area contributed by atoms with Crippen LogP contribution in [0.3, 0.4) is 0 Å². The third kappa shape index (κ3) is 3.04. The lowest BCUT2D eigenvalue weighted by atomic mass is 10.1. The van der Waals surface area contributed by atoms with Gasteiger partial charge in [-0.15, -0.1) is 0 Å². The van der Waals surface area contributed by atoms with E-state index in [4.69, 9.17) is 4.42 Å². The van der Waals surface area contributed by atoms with E-state index in [-0.39, 0.29) is 11.5 Å². The molecule has 2 aromatic rings. The maximum absolute atomic E-state index is 11.2.